The molecule has 0 radical (unpaired) electrons. The highest BCUT2D eigenvalue weighted by Crippen LogP contribution is 2.06. The SMILES string of the molecule is Cc1ccc2ncc(C(=O)NCc3ccsc3)c(=O)n2c1. The van der Waals surface area contributed by atoms with E-state index in [0.717, 1.165) is 11.1 Å². The van der Waals surface area contributed by atoms with Crippen LogP contribution in [0.15, 0.2) is 46.1 Å². The largest absolute Gasteiger partial charge is 0.348 e. The number of carbonyl (C=O) groups is 1. The van der Waals surface area contributed by atoms with E-state index in [1.807, 2.05) is 29.8 Å². The molecule has 0 aliphatic rings. The Labute approximate surface area is 124 Å². The minimum Gasteiger partial charge on any atom is -0.348 e. The smallest absolute Gasteiger partial charge is 0.270 e. The standard InChI is InChI=1S/C15H13N3O2S/c1-10-2-3-13-16-7-12(15(20)18(13)8-10)14(19)17-6-11-4-5-21-9-11/h2-5,7-9H,6H2,1H3,(H,17,19). The molecule has 3 aromatic rings. The number of aryl methyl sites for hydroxylation is 1. The van der Waals surface area contributed by atoms with Gasteiger partial charge < -0.3 is 5.32 Å². The zero-order chi connectivity index (χ0) is 14.8. The highest BCUT2D eigenvalue weighted by Gasteiger charge is 2.13. The zero-order valence-corrected chi connectivity index (χ0v) is 12.2. The summed E-state index contributed by atoms with van der Waals surface area (Å²) < 4.78 is 1.40. The Kier molecular flexibility index (Phi) is 3.53. The van der Waals surface area contributed by atoms with Gasteiger partial charge in [-0.2, -0.15) is 11.3 Å². The molecule has 0 atom stereocenters. The lowest BCUT2D eigenvalue weighted by Crippen LogP contribution is -2.31. The molecular formula is C15H13N3O2S. The molecule has 0 aromatic carbocycles. The molecule has 3 heterocycles. The van der Waals surface area contributed by atoms with Crippen LogP contribution in [0.4, 0.5) is 0 Å². The summed E-state index contributed by atoms with van der Waals surface area (Å²) in [5.74, 6) is -0.408. The van der Waals surface area contributed by atoms with Crippen LogP contribution in [0.25, 0.3) is 5.65 Å². The maximum atomic E-state index is 12.3. The Morgan fingerprint density at radius 3 is 3.00 bits per heavy atom. The van der Waals surface area contributed by atoms with Crippen molar-refractivity contribution in [3.05, 3.63) is 68.4 Å². The topological polar surface area (TPSA) is 63.5 Å². The fourth-order valence-electron chi connectivity index (χ4n) is 2.01. The first-order valence-electron chi connectivity index (χ1n) is 6.42. The molecule has 3 aromatic heterocycles. The molecule has 1 N–H and O–H groups in total. The summed E-state index contributed by atoms with van der Waals surface area (Å²) in [5.41, 5.74) is 2.17. The number of aromatic nitrogens is 2. The third-order valence-electron chi connectivity index (χ3n) is 3.13. The van der Waals surface area contributed by atoms with Gasteiger partial charge in [-0.1, -0.05) is 6.07 Å². The van der Waals surface area contributed by atoms with Crippen LogP contribution in [-0.4, -0.2) is 15.3 Å². The van der Waals surface area contributed by atoms with E-state index in [4.69, 9.17) is 0 Å². The summed E-state index contributed by atoms with van der Waals surface area (Å²) in [7, 11) is 0. The van der Waals surface area contributed by atoms with Gasteiger partial charge in [0.05, 0.1) is 0 Å². The minimum absolute atomic E-state index is 0.0494. The molecule has 0 saturated carbocycles. The molecule has 0 fully saturated rings. The summed E-state index contributed by atoms with van der Waals surface area (Å²) in [4.78, 5) is 28.6. The Bertz CT molecular complexity index is 853. The normalized spacial score (nSPS) is 10.7. The number of nitrogens with zero attached hydrogens (tertiary/aromatic N) is 2. The second-order valence-electron chi connectivity index (χ2n) is 4.73. The molecule has 106 valence electrons. The van der Waals surface area contributed by atoms with Crippen molar-refractivity contribution >= 4 is 22.9 Å². The van der Waals surface area contributed by atoms with Gasteiger partial charge in [0.25, 0.3) is 11.5 Å². The van der Waals surface area contributed by atoms with Crippen LogP contribution < -0.4 is 10.9 Å². The van der Waals surface area contributed by atoms with Crippen molar-refractivity contribution in [2.75, 3.05) is 0 Å². The fourth-order valence-corrected chi connectivity index (χ4v) is 2.68. The van der Waals surface area contributed by atoms with Crippen molar-refractivity contribution in [3.8, 4) is 0 Å². The van der Waals surface area contributed by atoms with Gasteiger partial charge in [-0.25, -0.2) is 4.98 Å². The number of hydrogen-bond acceptors (Lipinski definition) is 4. The molecule has 0 bridgehead atoms. The summed E-state index contributed by atoms with van der Waals surface area (Å²) in [6, 6.07) is 5.56. The van der Waals surface area contributed by atoms with Crippen LogP contribution in [-0.2, 0) is 6.54 Å². The Morgan fingerprint density at radius 2 is 2.24 bits per heavy atom. The minimum atomic E-state index is -0.408. The number of fused-ring (bicyclic) bond motifs is 1. The number of nitrogens with one attached hydrogen (secondary N) is 1. The van der Waals surface area contributed by atoms with E-state index in [0.29, 0.717) is 12.2 Å². The third kappa shape index (κ3) is 2.71. The summed E-state index contributed by atoms with van der Waals surface area (Å²) in [5, 5.41) is 6.63. The molecule has 21 heavy (non-hydrogen) atoms. The summed E-state index contributed by atoms with van der Waals surface area (Å²) >= 11 is 1.56. The van der Waals surface area contributed by atoms with Gasteiger partial charge in [0, 0.05) is 18.9 Å². The number of hydrogen-bond donors (Lipinski definition) is 1. The van der Waals surface area contributed by atoms with Crippen molar-refractivity contribution < 1.29 is 4.79 Å². The molecule has 0 spiro atoms. The Morgan fingerprint density at radius 1 is 1.38 bits per heavy atom. The number of carbonyl (C=O) groups excluding carboxylic acids is 1. The van der Waals surface area contributed by atoms with Gasteiger partial charge in [0.15, 0.2) is 0 Å². The summed E-state index contributed by atoms with van der Waals surface area (Å²) in [6.45, 7) is 2.29. The van der Waals surface area contributed by atoms with Crippen LogP contribution in [0.1, 0.15) is 21.5 Å². The average molecular weight is 299 g/mol. The van der Waals surface area contributed by atoms with E-state index < -0.39 is 5.91 Å². The molecular weight excluding hydrogens is 286 g/mol. The van der Waals surface area contributed by atoms with Crippen molar-refractivity contribution in [2.45, 2.75) is 13.5 Å². The molecule has 0 saturated heterocycles. The maximum absolute atomic E-state index is 12.3. The highest BCUT2D eigenvalue weighted by molar-refractivity contribution is 7.07. The van der Waals surface area contributed by atoms with E-state index in [2.05, 4.69) is 10.3 Å². The quantitative estimate of drug-likeness (QED) is 0.804. The maximum Gasteiger partial charge on any atom is 0.270 e. The number of thiophene rings is 1. The monoisotopic (exact) mass is 299 g/mol. The first kappa shape index (κ1) is 13.5. The van der Waals surface area contributed by atoms with Crippen molar-refractivity contribution in [2.24, 2.45) is 0 Å². The zero-order valence-electron chi connectivity index (χ0n) is 11.4. The predicted molar refractivity (Wildman–Crippen MR) is 81.7 cm³/mol. The molecule has 6 heteroatoms. The lowest BCUT2D eigenvalue weighted by Gasteiger charge is -2.06. The van der Waals surface area contributed by atoms with Crippen LogP contribution >= 0.6 is 11.3 Å². The lowest BCUT2D eigenvalue weighted by atomic mass is 10.2. The van der Waals surface area contributed by atoms with Gasteiger partial charge in [-0.05, 0) is 40.9 Å². The second kappa shape index (κ2) is 5.49. The van der Waals surface area contributed by atoms with E-state index in [1.54, 1.807) is 23.6 Å². The van der Waals surface area contributed by atoms with Crippen LogP contribution in [0.2, 0.25) is 0 Å². The average Bonchev–Trinajstić information content (AvgIpc) is 2.99. The highest BCUT2D eigenvalue weighted by atomic mass is 32.1. The van der Waals surface area contributed by atoms with Gasteiger partial charge in [0.1, 0.15) is 11.2 Å². The number of amides is 1. The van der Waals surface area contributed by atoms with Gasteiger partial charge >= 0.3 is 0 Å². The van der Waals surface area contributed by atoms with Crippen molar-refractivity contribution in [3.63, 3.8) is 0 Å². The molecule has 0 unspecified atom stereocenters. The molecule has 5 nitrogen and oxygen atoms in total. The van der Waals surface area contributed by atoms with Gasteiger partial charge in [-0.3, -0.25) is 14.0 Å². The molecule has 0 aliphatic carbocycles. The van der Waals surface area contributed by atoms with Gasteiger partial charge in [-0.15, -0.1) is 0 Å². The van der Waals surface area contributed by atoms with E-state index in [1.165, 1.54) is 10.6 Å². The number of rotatable bonds is 3. The predicted octanol–water partition coefficient (Wildman–Crippen LogP) is 1.99. The molecule has 3 rings (SSSR count). The van der Waals surface area contributed by atoms with Crippen molar-refractivity contribution in [1.82, 2.24) is 14.7 Å². The number of pyridine rings is 1. The Hall–Kier alpha value is -2.47. The Balaban J connectivity index is 1.91. The summed E-state index contributed by atoms with van der Waals surface area (Å²) in [6.07, 6.45) is 3.01. The van der Waals surface area contributed by atoms with Crippen LogP contribution in [0, 0.1) is 6.92 Å². The second-order valence-corrected chi connectivity index (χ2v) is 5.51. The first-order valence-corrected chi connectivity index (χ1v) is 7.37. The van der Waals surface area contributed by atoms with Crippen molar-refractivity contribution in [1.29, 1.82) is 0 Å². The lowest BCUT2D eigenvalue weighted by molar-refractivity contribution is 0.0949. The fraction of sp³-hybridized carbons (Fsp3) is 0.133. The molecule has 0 aliphatic heterocycles. The van der Waals surface area contributed by atoms with E-state index >= 15 is 0 Å². The van der Waals surface area contributed by atoms with Crippen LogP contribution in [0.3, 0.4) is 0 Å². The van der Waals surface area contributed by atoms with E-state index in [-0.39, 0.29) is 11.1 Å². The van der Waals surface area contributed by atoms with Crippen LogP contribution in [0.5, 0.6) is 0 Å². The third-order valence-corrected chi connectivity index (χ3v) is 3.86. The first-order chi connectivity index (χ1) is 10.1. The molecule has 1 amide bonds. The van der Waals surface area contributed by atoms with Gasteiger partial charge in [0.2, 0.25) is 0 Å². The van der Waals surface area contributed by atoms with E-state index in [9.17, 15) is 9.59 Å².